The molecule has 1 saturated carbocycles. The minimum atomic E-state index is 0.00331. The van der Waals surface area contributed by atoms with E-state index in [1.807, 2.05) is 35.2 Å². The number of halogens is 2. The van der Waals surface area contributed by atoms with Gasteiger partial charge in [-0.15, -0.1) is 0 Å². The van der Waals surface area contributed by atoms with Gasteiger partial charge in [0.15, 0.2) is 11.5 Å². The van der Waals surface area contributed by atoms with Crippen molar-refractivity contribution >= 4 is 63.5 Å². The van der Waals surface area contributed by atoms with Crippen molar-refractivity contribution in [3.63, 3.8) is 0 Å². The fourth-order valence-corrected chi connectivity index (χ4v) is 5.84. The molecule has 0 bridgehead atoms. The van der Waals surface area contributed by atoms with Crippen LogP contribution in [0, 0.1) is 0 Å². The van der Waals surface area contributed by atoms with Gasteiger partial charge in [-0.2, -0.15) is 0 Å². The second kappa shape index (κ2) is 10.5. The third-order valence-corrected chi connectivity index (χ3v) is 7.56. The zero-order valence-corrected chi connectivity index (χ0v) is 20.8. The van der Waals surface area contributed by atoms with E-state index in [0.717, 1.165) is 36.8 Å². The number of thiocarbonyl (C=S) groups is 1. The molecule has 168 valence electrons. The molecule has 4 rings (SSSR count). The minimum Gasteiger partial charge on any atom is -0.493 e. The monoisotopic (exact) mass is 507 g/mol. The Labute approximate surface area is 207 Å². The molecule has 0 aromatic heterocycles. The van der Waals surface area contributed by atoms with Crippen LogP contribution in [0.2, 0.25) is 10.0 Å². The molecule has 0 unspecified atom stereocenters. The quantitative estimate of drug-likeness (QED) is 0.307. The summed E-state index contributed by atoms with van der Waals surface area (Å²) in [6, 6.07) is 11.1. The fraction of sp³-hybridized carbons (Fsp3) is 0.333. The molecular formula is C24H23Cl2NO3S2. The molecule has 1 amide bonds. The lowest BCUT2D eigenvalue weighted by molar-refractivity contribution is -0.124. The van der Waals surface area contributed by atoms with E-state index in [1.54, 1.807) is 19.2 Å². The molecule has 1 heterocycles. The van der Waals surface area contributed by atoms with Gasteiger partial charge in [0, 0.05) is 21.7 Å². The summed E-state index contributed by atoms with van der Waals surface area (Å²) >= 11 is 19.1. The van der Waals surface area contributed by atoms with Crippen molar-refractivity contribution < 1.29 is 14.3 Å². The van der Waals surface area contributed by atoms with E-state index in [2.05, 4.69) is 0 Å². The first-order valence-corrected chi connectivity index (χ1v) is 12.5. The highest BCUT2D eigenvalue weighted by molar-refractivity contribution is 8.26. The first-order valence-electron chi connectivity index (χ1n) is 10.5. The summed E-state index contributed by atoms with van der Waals surface area (Å²) in [5, 5.41) is 1.13. The molecule has 32 heavy (non-hydrogen) atoms. The fourth-order valence-electron chi connectivity index (χ4n) is 3.97. The molecular weight excluding hydrogens is 485 g/mol. The Bertz CT molecular complexity index is 1070. The van der Waals surface area contributed by atoms with Gasteiger partial charge in [-0.3, -0.25) is 9.69 Å². The van der Waals surface area contributed by atoms with Crippen LogP contribution in [0.1, 0.15) is 43.2 Å². The van der Waals surface area contributed by atoms with E-state index in [1.165, 1.54) is 18.2 Å². The lowest BCUT2D eigenvalue weighted by Crippen LogP contribution is -2.39. The largest absolute Gasteiger partial charge is 0.493 e. The number of rotatable bonds is 6. The number of ether oxygens (including phenoxy) is 2. The summed E-state index contributed by atoms with van der Waals surface area (Å²) in [4.78, 5) is 15.5. The van der Waals surface area contributed by atoms with E-state index in [4.69, 9.17) is 44.9 Å². The SMILES string of the molecule is COc1cc(/C=C2\SC(=S)N(C3CCCCC3)C2=O)ccc1OCc1ccc(Cl)cc1Cl. The third kappa shape index (κ3) is 5.25. The smallest absolute Gasteiger partial charge is 0.266 e. The van der Waals surface area contributed by atoms with E-state index in [9.17, 15) is 4.79 Å². The summed E-state index contributed by atoms with van der Waals surface area (Å²) in [7, 11) is 1.59. The van der Waals surface area contributed by atoms with Crippen molar-refractivity contribution in [1.82, 2.24) is 4.90 Å². The van der Waals surface area contributed by atoms with Gasteiger partial charge >= 0.3 is 0 Å². The Hall–Kier alpha value is -1.73. The van der Waals surface area contributed by atoms with Gasteiger partial charge < -0.3 is 9.47 Å². The predicted octanol–water partition coefficient (Wildman–Crippen LogP) is 7.11. The lowest BCUT2D eigenvalue weighted by Gasteiger charge is -2.29. The first kappa shape index (κ1) is 23.4. The summed E-state index contributed by atoms with van der Waals surface area (Å²) in [5.74, 6) is 1.17. The van der Waals surface area contributed by atoms with Crippen molar-refractivity contribution in [3.8, 4) is 11.5 Å². The highest BCUT2D eigenvalue weighted by atomic mass is 35.5. The van der Waals surface area contributed by atoms with Crippen molar-refractivity contribution in [2.45, 2.75) is 44.8 Å². The number of thioether (sulfide) groups is 1. The summed E-state index contributed by atoms with van der Waals surface area (Å²) in [6.07, 6.45) is 7.46. The molecule has 2 fully saturated rings. The second-order valence-corrected chi connectivity index (χ2v) is 10.3. The summed E-state index contributed by atoms with van der Waals surface area (Å²) in [6.45, 7) is 0.283. The van der Waals surface area contributed by atoms with E-state index < -0.39 is 0 Å². The van der Waals surface area contributed by atoms with E-state index >= 15 is 0 Å². The molecule has 0 radical (unpaired) electrons. The maximum atomic E-state index is 13.0. The normalized spacial score (nSPS) is 18.5. The zero-order chi connectivity index (χ0) is 22.7. The molecule has 4 nitrogen and oxygen atoms in total. The topological polar surface area (TPSA) is 38.8 Å². The summed E-state index contributed by atoms with van der Waals surface area (Å²) in [5.41, 5.74) is 1.68. The maximum absolute atomic E-state index is 13.0. The van der Waals surface area contributed by atoms with Gasteiger partial charge in [0.1, 0.15) is 10.9 Å². The van der Waals surface area contributed by atoms with Crippen molar-refractivity contribution in [2.75, 3.05) is 7.11 Å². The highest BCUT2D eigenvalue weighted by Gasteiger charge is 2.37. The Kier molecular flexibility index (Phi) is 7.66. The summed E-state index contributed by atoms with van der Waals surface area (Å²) < 4.78 is 12.1. The number of carbonyl (C=O) groups excluding carboxylic acids is 1. The van der Waals surface area contributed by atoms with Crippen molar-refractivity contribution in [3.05, 3.63) is 62.5 Å². The van der Waals surface area contributed by atoms with Crippen LogP contribution in [-0.2, 0) is 11.4 Å². The molecule has 1 aliphatic heterocycles. The van der Waals surface area contributed by atoms with Crippen LogP contribution in [0.4, 0.5) is 0 Å². The van der Waals surface area contributed by atoms with Gasteiger partial charge in [0.2, 0.25) is 0 Å². The van der Waals surface area contributed by atoms with Crippen LogP contribution >= 0.6 is 47.2 Å². The van der Waals surface area contributed by atoms with Crippen LogP contribution in [-0.4, -0.2) is 28.3 Å². The Balaban J connectivity index is 1.49. The van der Waals surface area contributed by atoms with Crippen LogP contribution in [0.25, 0.3) is 6.08 Å². The molecule has 0 atom stereocenters. The number of carbonyl (C=O) groups is 1. The van der Waals surface area contributed by atoms with E-state index in [-0.39, 0.29) is 18.6 Å². The molecule has 0 N–H and O–H groups in total. The molecule has 0 spiro atoms. The van der Waals surface area contributed by atoms with Gasteiger partial charge in [-0.05, 0) is 48.7 Å². The van der Waals surface area contributed by atoms with Gasteiger partial charge in [-0.25, -0.2) is 0 Å². The first-order chi connectivity index (χ1) is 15.5. The number of hydrogen-bond donors (Lipinski definition) is 0. The predicted molar refractivity (Wildman–Crippen MR) is 136 cm³/mol. The molecule has 2 aliphatic rings. The van der Waals surface area contributed by atoms with Crippen LogP contribution in [0.15, 0.2) is 41.3 Å². The maximum Gasteiger partial charge on any atom is 0.266 e. The number of nitrogens with zero attached hydrogens (tertiary/aromatic N) is 1. The Morgan fingerprint density at radius 2 is 1.91 bits per heavy atom. The second-order valence-electron chi connectivity index (χ2n) is 7.78. The number of hydrogen-bond acceptors (Lipinski definition) is 5. The van der Waals surface area contributed by atoms with Gasteiger partial charge in [0.25, 0.3) is 5.91 Å². The lowest BCUT2D eigenvalue weighted by atomic mass is 9.94. The molecule has 1 aliphatic carbocycles. The molecule has 2 aromatic carbocycles. The standard InChI is InChI=1S/C24H23Cl2NO3S2/c1-29-21-11-15(7-10-20(21)30-14-16-8-9-17(25)13-19(16)26)12-22-23(28)27(24(31)32-22)18-5-3-2-4-6-18/h7-13,18H,2-6,14H2,1H3/b22-12-. The van der Waals surface area contributed by atoms with Crippen molar-refractivity contribution in [1.29, 1.82) is 0 Å². The zero-order valence-electron chi connectivity index (χ0n) is 17.6. The average Bonchev–Trinajstić information content (AvgIpc) is 3.07. The number of amides is 1. The van der Waals surface area contributed by atoms with Crippen LogP contribution in [0.3, 0.4) is 0 Å². The molecule has 1 saturated heterocycles. The Morgan fingerprint density at radius 3 is 2.62 bits per heavy atom. The third-order valence-electron chi connectivity index (χ3n) is 5.65. The van der Waals surface area contributed by atoms with Crippen LogP contribution in [0.5, 0.6) is 11.5 Å². The molecule has 2 aromatic rings. The molecule has 8 heteroatoms. The van der Waals surface area contributed by atoms with Crippen molar-refractivity contribution in [2.24, 2.45) is 0 Å². The van der Waals surface area contributed by atoms with Crippen LogP contribution < -0.4 is 9.47 Å². The van der Waals surface area contributed by atoms with Gasteiger partial charge in [0.05, 0.1) is 12.0 Å². The van der Waals surface area contributed by atoms with Gasteiger partial charge in [-0.1, -0.05) is 78.6 Å². The number of methoxy groups -OCH3 is 1. The number of benzene rings is 2. The average molecular weight is 508 g/mol. The highest BCUT2D eigenvalue weighted by Crippen LogP contribution is 2.38. The van der Waals surface area contributed by atoms with E-state index in [0.29, 0.717) is 30.8 Å². The Morgan fingerprint density at radius 1 is 1.12 bits per heavy atom. The minimum absolute atomic E-state index is 0.00331.